The minimum atomic E-state index is -0.968. The average molecular weight is 281 g/mol. The number of hydrogen-bond donors (Lipinski definition) is 2. The van der Waals surface area contributed by atoms with Crippen LogP contribution in [0.3, 0.4) is 0 Å². The van der Waals surface area contributed by atoms with Crippen molar-refractivity contribution < 1.29 is 9.90 Å². The second-order valence-electron chi connectivity index (χ2n) is 4.26. The van der Waals surface area contributed by atoms with E-state index in [0.29, 0.717) is 12.1 Å². The Hall–Kier alpha value is -2.79. The van der Waals surface area contributed by atoms with Crippen LogP contribution in [-0.4, -0.2) is 21.0 Å². The molecule has 0 saturated heterocycles. The number of fused-ring (bicyclic) bond motifs is 1. The van der Waals surface area contributed by atoms with Crippen molar-refractivity contribution in [3.63, 3.8) is 0 Å². The summed E-state index contributed by atoms with van der Waals surface area (Å²) in [5.74, 6) is -0.968. The van der Waals surface area contributed by atoms with Crippen molar-refractivity contribution >= 4 is 16.9 Å². The topological polar surface area (TPSA) is 89.1 Å². The number of benzene rings is 2. The average Bonchev–Trinajstić information content (AvgIpc) is 2.55. The van der Waals surface area contributed by atoms with Crippen LogP contribution in [0.1, 0.15) is 15.9 Å². The molecule has 3 N–H and O–H groups in total. The van der Waals surface area contributed by atoms with Crippen LogP contribution in [-0.2, 0) is 6.54 Å². The maximum absolute atomic E-state index is 10.8. The fourth-order valence-electron chi connectivity index (χ4n) is 1.80. The first-order valence-electron chi connectivity index (χ1n) is 6.38. The SMILES string of the molecule is NCc1ccccc1.O=C(O)c1cccc2cncnc12. The van der Waals surface area contributed by atoms with E-state index in [0.717, 1.165) is 5.39 Å². The Kier molecular flexibility index (Phi) is 4.95. The van der Waals surface area contributed by atoms with E-state index in [4.69, 9.17) is 10.8 Å². The number of aromatic carboxylic acids is 1. The Morgan fingerprint density at radius 2 is 1.86 bits per heavy atom. The van der Waals surface area contributed by atoms with Gasteiger partial charge >= 0.3 is 5.97 Å². The van der Waals surface area contributed by atoms with Crippen molar-refractivity contribution in [2.24, 2.45) is 5.73 Å². The number of carbonyl (C=O) groups is 1. The predicted octanol–water partition coefficient (Wildman–Crippen LogP) is 2.47. The third-order valence-corrected chi connectivity index (χ3v) is 2.84. The Morgan fingerprint density at radius 3 is 2.48 bits per heavy atom. The zero-order valence-electron chi connectivity index (χ0n) is 11.3. The fourth-order valence-corrected chi connectivity index (χ4v) is 1.80. The first-order chi connectivity index (χ1) is 10.2. The van der Waals surface area contributed by atoms with Gasteiger partial charge in [0, 0.05) is 18.1 Å². The number of aromatic nitrogens is 2. The molecule has 2 aromatic carbocycles. The molecule has 0 atom stereocenters. The number of hydrogen-bond acceptors (Lipinski definition) is 4. The summed E-state index contributed by atoms with van der Waals surface area (Å²) >= 11 is 0. The van der Waals surface area contributed by atoms with E-state index < -0.39 is 5.97 Å². The molecule has 0 aliphatic heterocycles. The molecule has 3 aromatic rings. The van der Waals surface area contributed by atoms with Crippen LogP contribution in [0.2, 0.25) is 0 Å². The molecule has 5 heteroatoms. The molecular weight excluding hydrogens is 266 g/mol. The van der Waals surface area contributed by atoms with Gasteiger partial charge in [0.05, 0.1) is 11.1 Å². The van der Waals surface area contributed by atoms with Crippen LogP contribution in [0.5, 0.6) is 0 Å². The maximum Gasteiger partial charge on any atom is 0.337 e. The molecule has 0 aliphatic carbocycles. The number of carboxylic acid groups (broad SMARTS) is 1. The molecule has 0 bridgehead atoms. The summed E-state index contributed by atoms with van der Waals surface area (Å²) < 4.78 is 0. The molecule has 5 nitrogen and oxygen atoms in total. The second-order valence-corrected chi connectivity index (χ2v) is 4.26. The molecule has 106 valence electrons. The minimum absolute atomic E-state index is 0.208. The third-order valence-electron chi connectivity index (χ3n) is 2.84. The van der Waals surface area contributed by atoms with Gasteiger partial charge in [-0.2, -0.15) is 0 Å². The lowest BCUT2D eigenvalue weighted by molar-refractivity contribution is 0.0699. The molecule has 0 spiro atoms. The van der Waals surface area contributed by atoms with Gasteiger partial charge < -0.3 is 10.8 Å². The van der Waals surface area contributed by atoms with Crippen LogP contribution in [0.15, 0.2) is 61.1 Å². The maximum atomic E-state index is 10.8. The molecule has 0 unspecified atom stereocenters. The van der Waals surface area contributed by atoms with Crippen molar-refractivity contribution in [2.75, 3.05) is 0 Å². The lowest BCUT2D eigenvalue weighted by Gasteiger charge is -1.98. The van der Waals surface area contributed by atoms with Gasteiger partial charge in [0.1, 0.15) is 6.33 Å². The first-order valence-corrected chi connectivity index (χ1v) is 6.38. The van der Waals surface area contributed by atoms with Gasteiger partial charge in [-0.1, -0.05) is 42.5 Å². The molecule has 3 rings (SSSR count). The van der Waals surface area contributed by atoms with Crippen molar-refractivity contribution in [1.29, 1.82) is 0 Å². The van der Waals surface area contributed by atoms with E-state index in [9.17, 15) is 4.79 Å². The largest absolute Gasteiger partial charge is 0.478 e. The van der Waals surface area contributed by atoms with E-state index >= 15 is 0 Å². The quantitative estimate of drug-likeness (QED) is 0.753. The minimum Gasteiger partial charge on any atom is -0.478 e. The van der Waals surface area contributed by atoms with E-state index in [1.165, 1.54) is 18.0 Å². The van der Waals surface area contributed by atoms with Crippen LogP contribution >= 0.6 is 0 Å². The number of nitrogens with zero attached hydrogens (tertiary/aromatic N) is 2. The second kappa shape index (κ2) is 7.12. The van der Waals surface area contributed by atoms with E-state index in [-0.39, 0.29) is 5.56 Å². The smallest absolute Gasteiger partial charge is 0.337 e. The zero-order chi connectivity index (χ0) is 15.1. The molecule has 0 radical (unpaired) electrons. The summed E-state index contributed by atoms with van der Waals surface area (Å²) in [6.07, 6.45) is 2.93. The van der Waals surface area contributed by atoms with Gasteiger partial charge in [0.25, 0.3) is 0 Å². The van der Waals surface area contributed by atoms with Gasteiger partial charge in [0.2, 0.25) is 0 Å². The van der Waals surface area contributed by atoms with Gasteiger partial charge in [-0.05, 0) is 11.6 Å². The third kappa shape index (κ3) is 3.84. The van der Waals surface area contributed by atoms with Gasteiger partial charge in [-0.3, -0.25) is 0 Å². The standard InChI is InChI=1S/C9H6N2O2.C7H9N/c12-9(13)7-3-1-2-6-4-10-5-11-8(6)7;8-6-7-4-2-1-3-5-7/h1-5H,(H,12,13);1-5H,6,8H2. The van der Waals surface area contributed by atoms with Crippen molar-refractivity contribution in [3.8, 4) is 0 Å². The molecule has 1 aromatic heterocycles. The Bertz CT molecular complexity index is 724. The highest BCUT2D eigenvalue weighted by molar-refractivity contribution is 6.01. The fraction of sp³-hybridized carbons (Fsp3) is 0.0625. The van der Waals surface area contributed by atoms with Crippen molar-refractivity contribution in [2.45, 2.75) is 6.54 Å². The monoisotopic (exact) mass is 281 g/mol. The number of nitrogens with two attached hydrogens (primary N) is 1. The van der Waals surface area contributed by atoms with Crippen LogP contribution in [0.4, 0.5) is 0 Å². The molecule has 21 heavy (non-hydrogen) atoms. The number of rotatable bonds is 2. The predicted molar refractivity (Wildman–Crippen MR) is 80.8 cm³/mol. The summed E-state index contributed by atoms with van der Waals surface area (Å²) in [6.45, 7) is 0.640. The van der Waals surface area contributed by atoms with E-state index in [1.54, 1.807) is 18.3 Å². The highest BCUT2D eigenvalue weighted by Crippen LogP contribution is 2.14. The lowest BCUT2D eigenvalue weighted by Crippen LogP contribution is -1.98. The summed E-state index contributed by atoms with van der Waals surface area (Å²) in [7, 11) is 0. The molecular formula is C16H15N3O2. The summed E-state index contributed by atoms with van der Waals surface area (Å²) in [5, 5.41) is 9.56. The molecule has 0 saturated carbocycles. The van der Waals surface area contributed by atoms with Crippen LogP contribution in [0.25, 0.3) is 10.9 Å². The first kappa shape index (κ1) is 14.6. The van der Waals surface area contributed by atoms with Crippen molar-refractivity contribution in [3.05, 3.63) is 72.2 Å². The van der Waals surface area contributed by atoms with Gasteiger partial charge in [-0.15, -0.1) is 0 Å². The summed E-state index contributed by atoms with van der Waals surface area (Å²) in [4.78, 5) is 18.5. The number of carboxylic acids is 1. The van der Waals surface area contributed by atoms with Gasteiger partial charge in [0.15, 0.2) is 0 Å². The molecule has 0 fully saturated rings. The molecule has 1 heterocycles. The highest BCUT2D eigenvalue weighted by atomic mass is 16.4. The Morgan fingerprint density at radius 1 is 1.10 bits per heavy atom. The normalized spacial score (nSPS) is 9.76. The lowest BCUT2D eigenvalue weighted by atomic mass is 10.1. The number of para-hydroxylation sites is 1. The molecule has 0 aliphatic rings. The van der Waals surface area contributed by atoms with Crippen LogP contribution in [0, 0.1) is 0 Å². The molecule has 0 amide bonds. The zero-order valence-corrected chi connectivity index (χ0v) is 11.3. The summed E-state index contributed by atoms with van der Waals surface area (Å²) in [5.41, 5.74) is 7.22. The van der Waals surface area contributed by atoms with E-state index in [2.05, 4.69) is 9.97 Å². The van der Waals surface area contributed by atoms with Crippen molar-refractivity contribution in [1.82, 2.24) is 9.97 Å². The van der Waals surface area contributed by atoms with Gasteiger partial charge in [-0.25, -0.2) is 14.8 Å². The van der Waals surface area contributed by atoms with E-state index in [1.807, 2.05) is 30.3 Å². The Labute approximate surface area is 122 Å². The van der Waals surface area contributed by atoms with Crippen LogP contribution < -0.4 is 5.73 Å². The summed E-state index contributed by atoms with van der Waals surface area (Å²) in [6, 6.07) is 15.0. The highest BCUT2D eigenvalue weighted by Gasteiger charge is 2.07. The Balaban J connectivity index is 0.000000173.